The minimum absolute atomic E-state index is 0.0286. The molecule has 0 spiro atoms. The van der Waals surface area contributed by atoms with Gasteiger partial charge in [-0.05, 0) is 46.1 Å². The number of guanidine groups is 1. The highest BCUT2D eigenvalue weighted by Gasteiger charge is 2.47. The van der Waals surface area contributed by atoms with E-state index >= 15 is 0 Å². The monoisotopic (exact) mass is 453 g/mol. The number of aliphatic imine (C=N–C) groups is 1. The molecular weight excluding hydrogens is 435 g/mol. The van der Waals surface area contributed by atoms with Gasteiger partial charge in [0.2, 0.25) is 5.91 Å². The minimum atomic E-state index is -2.99. The lowest BCUT2D eigenvalue weighted by molar-refractivity contribution is -0.130. The van der Waals surface area contributed by atoms with Crippen LogP contribution in [0, 0.1) is 5.82 Å². The highest BCUT2D eigenvalue weighted by molar-refractivity contribution is 9.10. The van der Waals surface area contributed by atoms with Crippen LogP contribution in [0.4, 0.5) is 13.2 Å². The Labute approximate surface area is 169 Å². The molecule has 0 radical (unpaired) electrons. The van der Waals surface area contributed by atoms with Gasteiger partial charge in [0.05, 0.1) is 10.4 Å². The van der Waals surface area contributed by atoms with Crippen molar-refractivity contribution in [1.82, 2.24) is 4.90 Å². The van der Waals surface area contributed by atoms with Gasteiger partial charge >= 0.3 is 0 Å². The Balaban J connectivity index is 2.17. The molecule has 2 N–H and O–H groups in total. The molecule has 0 saturated carbocycles. The van der Waals surface area contributed by atoms with E-state index in [-0.39, 0.29) is 21.9 Å². The van der Waals surface area contributed by atoms with Crippen molar-refractivity contribution in [2.24, 2.45) is 10.7 Å². The molecule has 2 atom stereocenters. The smallest absolute Gasteiger partial charge is 0.270 e. The molecule has 8 heteroatoms. The molecule has 3 rings (SSSR count). The largest absolute Gasteiger partial charge is 0.369 e. The number of rotatable bonds is 3. The maximum absolute atomic E-state index is 13.7. The van der Waals surface area contributed by atoms with E-state index in [4.69, 9.17) is 5.73 Å². The van der Waals surface area contributed by atoms with E-state index in [0.717, 1.165) is 6.92 Å². The molecular formula is C20H19BrF3N3O. The van der Waals surface area contributed by atoms with Gasteiger partial charge in [-0.1, -0.05) is 30.3 Å². The molecule has 1 heterocycles. The van der Waals surface area contributed by atoms with E-state index in [9.17, 15) is 18.0 Å². The van der Waals surface area contributed by atoms with Gasteiger partial charge in [-0.15, -0.1) is 0 Å². The van der Waals surface area contributed by atoms with Crippen LogP contribution in [0.2, 0.25) is 0 Å². The van der Waals surface area contributed by atoms with Crippen molar-refractivity contribution in [3.63, 3.8) is 0 Å². The predicted molar refractivity (Wildman–Crippen MR) is 105 cm³/mol. The van der Waals surface area contributed by atoms with E-state index in [0.29, 0.717) is 11.1 Å². The minimum Gasteiger partial charge on any atom is -0.369 e. The first-order chi connectivity index (χ1) is 12.9. The third-order valence-corrected chi connectivity index (χ3v) is 5.69. The molecule has 0 fully saturated rings. The number of carbonyl (C=O) groups is 1. The number of likely N-dealkylation sites (N-methyl/N-ethyl adjacent to an activating group) is 1. The van der Waals surface area contributed by atoms with Crippen LogP contribution in [0.1, 0.15) is 36.5 Å². The molecule has 0 bridgehead atoms. The van der Waals surface area contributed by atoms with Gasteiger partial charge in [0.15, 0.2) is 5.96 Å². The zero-order valence-electron chi connectivity index (χ0n) is 15.5. The summed E-state index contributed by atoms with van der Waals surface area (Å²) in [6.45, 7) is 2.53. The van der Waals surface area contributed by atoms with Crippen LogP contribution in [0.25, 0.3) is 0 Å². The van der Waals surface area contributed by atoms with E-state index in [1.807, 2.05) is 0 Å². The second kappa shape index (κ2) is 6.92. The maximum atomic E-state index is 13.7. The van der Waals surface area contributed by atoms with Crippen LogP contribution >= 0.6 is 15.9 Å². The number of alkyl halides is 2. The Bertz CT molecular complexity index is 956. The van der Waals surface area contributed by atoms with Crippen molar-refractivity contribution in [3.8, 4) is 0 Å². The van der Waals surface area contributed by atoms with Crippen molar-refractivity contribution in [3.05, 3.63) is 69.4 Å². The van der Waals surface area contributed by atoms with Gasteiger partial charge in [0.25, 0.3) is 5.92 Å². The molecule has 2 aromatic rings. The van der Waals surface area contributed by atoms with E-state index in [1.165, 1.54) is 48.3 Å². The van der Waals surface area contributed by atoms with Crippen molar-refractivity contribution >= 4 is 27.8 Å². The Morgan fingerprint density at radius 1 is 1.21 bits per heavy atom. The number of carbonyl (C=O) groups excluding carboxylic acids is 1. The summed E-state index contributed by atoms with van der Waals surface area (Å²) in [4.78, 5) is 18.8. The van der Waals surface area contributed by atoms with E-state index in [1.54, 1.807) is 13.0 Å². The van der Waals surface area contributed by atoms with Crippen molar-refractivity contribution < 1.29 is 18.0 Å². The van der Waals surface area contributed by atoms with Crippen molar-refractivity contribution in [2.45, 2.75) is 31.2 Å². The molecule has 0 saturated heterocycles. The lowest BCUT2D eigenvalue weighted by Gasteiger charge is -2.41. The van der Waals surface area contributed by atoms with Crippen LogP contribution in [0.3, 0.4) is 0 Å². The molecule has 28 heavy (non-hydrogen) atoms. The third-order valence-electron chi connectivity index (χ3n) is 5.09. The summed E-state index contributed by atoms with van der Waals surface area (Å²) in [6, 6.07) is 9.95. The Kier molecular flexibility index (Phi) is 5.04. The summed E-state index contributed by atoms with van der Waals surface area (Å²) in [5.41, 5.74) is 5.74. The summed E-state index contributed by atoms with van der Waals surface area (Å²) in [6.07, 6.45) is 0. The van der Waals surface area contributed by atoms with Crippen LogP contribution in [-0.4, -0.2) is 23.8 Å². The van der Waals surface area contributed by atoms with Crippen LogP contribution in [-0.2, 0) is 16.3 Å². The van der Waals surface area contributed by atoms with Crippen LogP contribution in [0.5, 0.6) is 0 Å². The Morgan fingerprint density at radius 2 is 1.82 bits per heavy atom. The molecule has 2 aromatic carbocycles. The fraction of sp³-hybridized carbons (Fsp3) is 0.300. The number of hydrogen-bond acceptors (Lipinski definition) is 3. The van der Waals surface area contributed by atoms with Crippen molar-refractivity contribution in [1.29, 1.82) is 0 Å². The molecule has 0 aliphatic carbocycles. The molecule has 1 aliphatic heterocycles. The first-order valence-corrected chi connectivity index (χ1v) is 9.31. The molecule has 4 nitrogen and oxygen atoms in total. The zero-order chi connectivity index (χ0) is 20.9. The number of amides is 1. The van der Waals surface area contributed by atoms with E-state index in [2.05, 4.69) is 20.9 Å². The number of nitrogens with zero attached hydrogens (tertiary/aromatic N) is 2. The van der Waals surface area contributed by atoms with Gasteiger partial charge in [-0.3, -0.25) is 9.69 Å². The Hall–Kier alpha value is -2.35. The zero-order valence-corrected chi connectivity index (χ0v) is 17.1. The van der Waals surface area contributed by atoms with E-state index < -0.39 is 23.2 Å². The average molecular weight is 454 g/mol. The molecule has 0 aromatic heterocycles. The normalized spacial score (nSPS) is 23.0. The van der Waals surface area contributed by atoms with Crippen LogP contribution < -0.4 is 5.73 Å². The lowest BCUT2D eigenvalue weighted by Crippen LogP contribution is -2.52. The Morgan fingerprint density at radius 3 is 2.36 bits per heavy atom. The SMILES string of the molecule is CN1C(=O)[C@@H](c2ccc(C(C)(F)F)cc2)[C@@](C)(c2ccc(F)c(Br)c2)N=C1N. The van der Waals surface area contributed by atoms with Crippen molar-refractivity contribution in [2.75, 3.05) is 7.05 Å². The lowest BCUT2D eigenvalue weighted by atomic mass is 9.74. The van der Waals surface area contributed by atoms with Gasteiger partial charge in [-0.2, -0.15) is 0 Å². The third kappa shape index (κ3) is 3.41. The predicted octanol–water partition coefficient (Wildman–Crippen LogP) is 4.49. The highest BCUT2D eigenvalue weighted by Crippen LogP contribution is 2.45. The summed E-state index contributed by atoms with van der Waals surface area (Å²) in [5.74, 6) is -4.55. The fourth-order valence-corrected chi connectivity index (χ4v) is 3.78. The van der Waals surface area contributed by atoms with Gasteiger partial charge in [0, 0.05) is 19.5 Å². The summed E-state index contributed by atoms with van der Waals surface area (Å²) in [5, 5.41) is 0. The van der Waals surface area contributed by atoms with Crippen LogP contribution in [0.15, 0.2) is 51.9 Å². The quantitative estimate of drug-likeness (QED) is 0.744. The highest BCUT2D eigenvalue weighted by atomic mass is 79.9. The number of hydrogen-bond donors (Lipinski definition) is 1. The molecule has 1 aliphatic rings. The first kappa shape index (κ1) is 20.4. The fourth-order valence-electron chi connectivity index (χ4n) is 3.40. The first-order valence-electron chi connectivity index (χ1n) is 8.52. The maximum Gasteiger partial charge on any atom is 0.270 e. The number of nitrogens with two attached hydrogens (primary N) is 1. The number of benzene rings is 2. The average Bonchev–Trinajstić information content (AvgIpc) is 2.62. The number of halogens is 4. The molecule has 1 amide bonds. The van der Waals surface area contributed by atoms with Gasteiger partial charge < -0.3 is 5.73 Å². The van der Waals surface area contributed by atoms with Gasteiger partial charge in [-0.25, -0.2) is 18.2 Å². The standard InChI is InChI=1S/C20H19BrF3N3O/c1-19(13-8-9-15(22)14(21)10-13)16(17(28)27(3)18(25)26-19)11-4-6-12(7-5-11)20(2,23)24/h4-10,16H,1-3H3,(H2,25,26)/t16-,19-/m1/s1. The molecule has 148 valence electrons. The second-order valence-electron chi connectivity index (χ2n) is 7.09. The summed E-state index contributed by atoms with van der Waals surface area (Å²) >= 11 is 3.15. The van der Waals surface area contributed by atoms with Gasteiger partial charge in [0.1, 0.15) is 11.4 Å². The summed E-state index contributed by atoms with van der Waals surface area (Å²) < 4.78 is 41.1. The topological polar surface area (TPSA) is 58.7 Å². The second-order valence-corrected chi connectivity index (χ2v) is 7.94. The molecule has 0 unspecified atom stereocenters. The summed E-state index contributed by atoms with van der Waals surface area (Å²) in [7, 11) is 1.50.